The van der Waals surface area contributed by atoms with Gasteiger partial charge in [-0.25, -0.2) is 0 Å². The smallest absolute Gasteiger partial charge is 0.234 e. The molecule has 0 aliphatic heterocycles. The van der Waals surface area contributed by atoms with Crippen LogP contribution in [0.4, 0.5) is 0 Å². The van der Waals surface area contributed by atoms with Crippen molar-refractivity contribution in [2.75, 3.05) is 7.11 Å². The fraction of sp³-hybridized carbons (Fsp3) is 0.250. The number of methoxy groups -OCH3 is 1. The predicted octanol–water partition coefficient (Wildman–Crippen LogP) is 1.92. The zero-order valence-electron chi connectivity index (χ0n) is 9.91. The molecule has 0 aliphatic rings. The Kier molecular flexibility index (Phi) is 3.04. The minimum Gasteiger partial charge on any atom is -0.377 e. The second kappa shape index (κ2) is 4.83. The molecular weight excluding hydrogens is 248 g/mol. The van der Waals surface area contributed by atoms with E-state index < -0.39 is 0 Å². The Morgan fingerprint density at radius 1 is 1.22 bits per heavy atom. The van der Waals surface area contributed by atoms with Crippen LogP contribution < -0.4 is 0 Å². The summed E-state index contributed by atoms with van der Waals surface area (Å²) in [5, 5.41) is 13.7. The lowest BCUT2D eigenvalue weighted by molar-refractivity contribution is 0.176. The van der Waals surface area contributed by atoms with Crippen LogP contribution in [0, 0.1) is 0 Å². The molecule has 0 aliphatic carbocycles. The Labute approximate surface area is 108 Å². The van der Waals surface area contributed by atoms with Crippen LogP contribution in [0.3, 0.4) is 0 Å². The van der Waals surface area contributed by atoms with Crippen molar-refractivity contribution in [3.8, 4) is 0 Å². The predicted molar refractivity (Wildman–Crippen MR) is 68.6 cm³/mol. The van der Waals surface area contributed by atoms with Crippen molar-refractivity contribution >= 4 is 16.3 Å². The van der Waals surface area contributed by atoms with Gasteiger partial charge in [-0.15, -0.1) is 10.2 Å². The molecule has 2 heterocycles. The highest BCUT2D eigenvalue weighted by Crippen LogP contribution is 2.17. The third-order valence-electron chi connectivity index (χ3n) is 2.57. The molecule has 0 saturated carbocycles. The van der Waals surface area contributed by atoms with E-state index in [1.807, 2.05) is 18.2 Å². The standard InChI is InChI=1S/C12H12N4OS/c1-17-8-10-13-14-12-16(10)15-11(18-12)7-9-5-3-2-4-6-9/h2-6H,7-8H2,1H3. The number of fused-ring (bicyclic) bond motifs is 1. The topological polar surface area (TPSA) is 52.3 Å². The molecule has 0 radical (unpaired) electrons. The van der Waals surface area contributed by atoms with Crippen molar-refractivity contribution in [3.05, 3.63) is 46.7 Å². The molecule has 0 spiro atoms. The van der Waals surface area contributed by atoms with Gasteiger partial charge in [-0.1, -0.05) is 41.7 Å². The van der Waals surface area contributed by atoms with Crippen LogP contribution in [0.15, 0.2) is 30.3 Å². The molecule has 92 valence electrons. The van der Waals surface area contributed by atoms with Gasteiger partial charge in [0, 0.05) is 13.5 Å². The van der Waals surface area contributed by atoms with Crippen molar-refractivity contribution in [1.82, 2.24) is 19.8 Å². The lowest BCUT2D eigenvalue weighted by Gasteiger charge is -1.96. The number of hydrogen-bond acceptors (Lipinski definition) is 5. The third-order valence-corrected chi connectivity index (χ3v) is 3.47. The zero-order valence-corrected chi connectivity index (χ0v) is 10.7. The van der Waals surface area contributed by atoms with E-state index in [0.29, 0.717) is 6.61 Å². The highest BCUT2D eigenvalue weighted by molar-refractivity contribution is 7.16. The Balaban J connectivity index is 1.89. The van der Waals surface area contributed by atoms with Crippen LogP contribution in [0.1, 0.15) is 16.4 Å². The molecule has 3 aromatic rings. The number of rotatable bonds is 4. The molecule has 1 aromatic carbocycles. The number of aromatic nitrogens is 4. The highest BCUT2D eigenvalue weighted by atomic mass is 32.1. The first-order valence-corrected chi connectivity index (χ1v) is 6.41. The van der Waals surface area contributed by atoms with Gasteiger partial charge in [-0.05, 0) is 5.56 Å². The molecule has 0 bridgehead atoms. The Morgan fingerprint density at radius 3 is 2.83 bits per heavy atom. The fourth-order valence-corrected chi connectivity index (χ4v) is 2.64. The van der Waals surface area contributed by atoms with Gasteiger partial charge in [0.15, 0.2) is 5.82 Å². The maximum absolute atomic E-state index is 5.06. The number of ether oxygens (including phenoxy) is 1. The van der Waals surface area contributed by atoms with Crippen LogP contribution in [0.5, 0.6) is 0 Å². The van der Waals surface area contributed by atoms with Crippen LogP contribution in [-0.4, -0.2) is 26.9 Å². The monoisotopic (exact) mass is 260 g/mol. The van der Waals surface area contributed by atoms with E-state index in [-0.39, 0.29) is 0 Å². The van der Waals surface area contributed by atoms with Gasteiger partial charge in [0.2, 0.25) is 4.96 Å². The molecule has 0 fully saturated rings. The summed E-state index contributed by atoms with van der Waals surface area (Å²) >= 11 is 1.56. The van der Waals surface area contributed by atoms with Crippen LogP contribution in [0.25, 0.3) is 4.96 Å². The molecule has 0 unspecified atom stereocenters. The number of benzene rings is 1. The molecule has 2 aromatic heterocycles. The summed E-state index contributed by atoms with van der Waals surface area (Å²) in [5.41, 5.74) is 1.25. The fourth-order valence-electron chi connectivity index (χ4n) is 1.76. The number of hydrogen-bond donors (Lipinski definition) is 0. The second-order valence-electron chi connectivity index (χ2n) is 3.90. The molecule has 0 atom stereocenters. The molecule has 0 saturated heterocycles. The minimum atomic E-state index is 0.426. The van der Waals surface area contributed by atoms with Crippen LogP contribution in [-0.2, 0) is 17.8 Å². The largest absolute Gasteiger partial charge is 0.377 e. The van der Waals surface area contributed by atoms with E-state index >= 15 is 0 Å². The summed E-state index contributed by atoms with van der Waals surface area (Å²) in [6.45, 7) is 0.426. The summed E-state index contributed by atoms with van der Waals surface area (Å²) in [6.07, 6.45) is 0.821. The highest BCUT2D eigenvalue weighted by Gasteiger charge is 2.11. The summed E-state index contributed by atoms with van der Waals surface area (Å²) in [6, 6.07) is 10.3. The van der Waals surface area contributed by atoms with Crippen LogP contribution >= 0.6 is 11.3 Å². The maximum Gasteiger partial charge on any atom is 0.234 e. The Bertz CT molecular complexity index is 646. The van der Waals surface area contributed by atoms with Gasteiger partial charge in [0.05, 0.1) is 0 Å². The Morgan fingerprint density at radius 2 is 2.06 bits per heavy atom. The average molecular weight is 260 g/mol. The first-order chi connectivity index (χ1) is 8.86. The minimum absolute atomic E-state index is 0.426. The molecular formula is C12H12N4OS. The SMILES string of the molecule is COCc1nnc2sc(Cc3ccccc3)nn12. The van der Waals surface area contributed by atoms with Crippen molar-refractivity contribution in [2.24, 2.45) is 0 Å². The molecule has 6 heteroatoms. The first-order valence-electron chi connectivity index (χ1n) is 5.59. The molecule has 3 rings (SSSR count). The third kappa shape index (κ3) is 2.12. The van der Waals surface area contributed by atoms with Crippen molar-refractivity contribution in [1.29, 1.82) is 0 Å². The molecule has 5 nitrogen and oxygen atoms in total. The van der Waals surface area contributed by atoms with Gasteiger partial charge in [0.1, 0.15) is 11.6 Å². The van der Waals surface area contributed by atoms with E-state index in [1.165, 1.54) is 5.56 Å². The quantitative estimate of drug-likeness (QED) is 0.719. The van der Waals surface area contributed by atoms with Gasteiger partial charge < -0.3 is 4.74 Å². The summed E-state index contributed by atoms with van der Waals surface area (Å²) in [5.74, 6) is 0.739. The van der Waals surface area contributed by atoms with Crippen molar-refractivity contribution in [3.63, 3.8) is 0 Å². The normalized spacial score (nSPS) is 11.2. The summed E-state index contributed by atoms with van der Waals surface area (Å²) in [4.78, 5) is 0.813. The lowest BCUT2D eigenvalue weighted by Crippen LogP contribution is -1.98. The lowest BCUT2D eigenvalue weighted by atomic mass is 10.2. The second-order valence-corrected chi connectivity index (χ2v) is 4.94. The van der Waals surface area contributed by atoms with Crippen molar-refractivity contribution < 1.29 is 4.74 Å². The van der Waals surface area contributed by atoms with Gasteiger partial charge >= 0.3 is 0 Å². The van der Waals surface area contributed by atoms with E-state index in [1.54, 1.807) is 23.0 Å². The zero-order chi connectivity index (χ0) is 12.4. The molecule has 0 N–H and O–H groups in total. The van der Waals surface area contributed by atoms with Gasteiger partial charge in [-0.3, -0.25) is 0 Å². The van der Waals surface area contributed by atoms with E-state index in [9.17, 15) is 0 Å². The van der Waals surface area contributed by atoms with E-state index in [2.05, 4.69) is 27.4 Å². The first kappa shape index (κ1) is 11.3. The van der Waals surface area contributed by atoms with E-state index in [0.717, 1.165) is 22.2 Å². The van der Waals surface area contributed by atoms with Crippen molar-refractivity contribution in [2.45, 2.75) is 13.0 Å². The maximum atomic E-state index is 5.06. The van der Waals surface area contributed by atoms with Crippen LogP contribution in [0.2, 0.25) is 0 Å². The summed E-state index contributed by atoms with van der Waals surface area (Å²) < 4.78 is 6.82. The Hall–Kier alpha value is -1.79. The molecule has 18 heavy (non-hydrogen) atoms. The molecule has 0 amide bonds. The summed E-state index contributed by atoms with van der Waals surface area (Å²) in [7, 11) is 1.64. The van der Waals surface area contributed by atoms with Gasteiger partial charge in [-0.2, -0.15) is 9.61 Å². The van der Waals surface area contributed by atoms with Gasteiger partial charge in [0.25, 0.3) is 0 Å². The number of nitrogens with zero attached hydrogens (tertiary/aromatic N) is 4. The average Bonchev–Trinajstić information content (AvgIpc) is 2.93. The van der Waals surface area contributed by atoms with E-state index in [4.69, 9.17) is 4.74 Å².